The SMILES string of the molecule is CC(C)(C)c1cc(N2[CH-]N(c3[c-]c(Oc4[c-]c5c(cc4)c4ccc6sc7ccccc7c6c4n5-c4cc(C(C)(C)C)ccn4)ccc3)C(c3ccccc3)=C2c2ccccc2)cc(C(C)(C)C)c1.[Pt]. The topological polar surface area (TPSA) is 33.5 Å². The summed E-state index contributed by atoms with van der Waals surface area (Å²) in [5.74, 6) is 2.04. The minimum atomic E-state index is -0.0628. The van der Waals surface area contributed by atoms with E-state index in [1.165, 1.54) is 36.9 Å². The molecule has 0 bridgehead atoms. The quantitative estimate of drug-likeness (QED) is 0.149. The van der Waals surface area contributed by atoms with Crippen LogP contribution < -0.4 is 14.5 Å². The Balaban J connectivity index is 0.00000553. The molecule has 0 atom stereocenters. The molecule has 0 N–H and O–H groups in total. The Kier molecular flexibility index (Phi) is 11.7. The van der Waals surface area contributed by atoms with Crippen molar-refractivity contribution in [2.45, 2.75) is 78.6 Å². The molecule has 69 heavy (non-hydrogen) atoms. The molecule has 0 amide bonds. The molecule has 7 heteroatoms. The van der Waals surface area contributed by atoms with E-state index in [1.54, 1.807) is 0 Å². The Labute approximate surface area is 425 Å². The van der Waals surface area contributed by atoms with Gasteiger partial charge >= 0.3 is 0 Å². The summed E-state index contributed by atoms with van der Waals surface area (Å²) < 4.78 is 11.7. The van der Waals surface area contributed by atoms with Gasteiger partial charge in [-0.05, 0) is 85.8 Å². The van der Waals surface area contributed by atoms with Crippen LogP contribution in [0.3, 0.4) is 0 Å². The predicted octanol–water partition coefficient (Wildman–Crippen LogP) is 16.8. The van der Waals surface area contributed by atoms with Crippen LogP contribution in [0.25, 0.3) is 59.2 Å². The molecule has 5 nitrogen and oxygen atoms in total. The molecule has 0 spiro atoms. The van der Waals surface area contributed by atoms with Crippen LogP contribution in [-0.2, 0) is 37.3 Å². The van der Waals surface area contributed by atoms with Crippen LogP contribution in [0.2, 0.25) is 0 Å². The van der Waals surface area contributed by atoms with Crippen molar-refractivity contribution in [1.82, 2.24) is 9.55 Å². The van der Waals surface area contributed by atoms with Gasteiger partial charge in [0.25, 0.3) is 0 Å². The standard InChI is InChI=1S/C62H55N4OS.Pt/c1-60(2,3)42-31-32-63-55(36-42)66-52-38-48(27-28-49(52)50-29-30-54-56(59(50)66)51-25-16-17-26-53(51)68-54)67-47-24-18-23-45(37-47)64-39-65(46-34-43(61(4,5)6)33-44(35-46)62(7,8)9)58(41-21-14-11-15-22-41)57(64)40-19-12-10-13-20-40;/h10-36,39H,1-9H3;/q-3;. The average molecular weight is 1100 g/mol. The summed E-state index contributed by atoms with van der Waals surface area (Å²) in [6.45, 7) is 22.7. The van der Waals surface area contributed by atoms with Gasteiger partial charge in [0.1, 0.15) is 5.82 Å². The number of benzene rings is 7. The van der Waals surface area contributed by atoms with E-state index < -0.39 is 0 Å². The number of thiophene rings is 1. The van der Waals surface area contributed by atoms with Crippen molar-refractivity contribution < 1.29 is 25.8 Å². The third kappa shape index (κ3) is 8.46. The second kappa shape index (κ2) is 17.5. The number of pyridine rings is 1. The van der Waals surface area contributed by atoms with Gasteiger partial charge in [-0.3, -0.25) is 0 Å². The molecule has 7 aromatic carbocycles. The second-order valence-corrected chi connectivity index (χ2v) is 22.1. The summed E-state index contributed by atoms with van der Waals surface area (Å²) in [7, 11) is 0. The summed E-state index contributed by atoms with van der Waals surface area (Å²) in [4.78, 5) is 9.67. The molecule has 11 rings (SSSR count). The molecule has 0 fully saturated rings. The van der Waals surface area contributed by atoms with Crippen molar-refractivity contribution in [2.24, 2.45) is 0 Å². The largest absolute Gasteiger partial charge is 0.509 e. The Morgan fingerprint density at radius 2 is 1.13 bits per heavy atom. The van der Waals surface area contributed by atoms with Crippen LogP contribution in [0, 0.1) is 18.8 Å². The zero-order chi connectivity index (χ0) is 47.1. The summed E-state index contributed by atoms with van der Waals surface area (Å²) in [5, 5.41) is 4.71. The number of hydrogen-bond donors (Lipinski definition) is 0. The van der Waals surface area contributed by atoms with Crippen LogP contribution >= 0.6 is 11.3 Å². The fraction of sp³-hybridized carbons (Fsp3) is 0.194. The summed E-state index contributed by atoms with van der Waals surface area (Å²) in [5.41, 5.74) is 12.0. The van der Waals surface area contributed by atoms with E-state index in [0.29, 0.717) is 11.5 Å². The zero-order valence-electron chi connectivity index (χ0n) is 40.6. The van der Waals surface area contributed by atoms with Gasteiger partial charge in [-0.25, -0.2) is 4.98 Å². The second-order valence-electron chi connectivity index (χ2n) is 21.1. The van der Waals surface area contributed by atoms with Gasteiger partial charge in [-0.2, -0.15) is 12.1 Å². The third-order valence-electron chi connectivity index (χ3n) is 13.2. The first kappa shape index (κ1) is 46.3. The van der Waals surface area contributed by atoms with Gasteiger partial charge in [-0.1, -0.05) is 159 Å². The summed E-state index contributed by atoms with van der Waals surface area (Å²) in [6, 6.07) is 63.9. The average Bonchev–Trinajstić information content (AvgIpc) is 4.01. The zero-order valence-corrected chi connectivity index (χ0v) is 43.7. The van der Waals surface area contributed by atoms with Crippen molar-refractivity contribution in [1.29, 1.82) is 0 Å². The molecule has 348 valence electrons. The molecule has 0 saturated heterocycles. The molecule has 0 saturated carbocycles. The van der Waals surface area contributed by atoms with E-state index in [2.05, 4.69) is 241 Å². The van der Waals surface area contributed by atoms with Crippen molar-refractivity contribution in [3.63, 3.8) is 0 Å². The maximum absolute atomic E-state index is 6.85. The monoisotopic (exact) mass is 1100 g/mol. The van der Waals surface area contributed by atoms with E-state index in [0.717, 1.165) is 61.5 Å². The Morgan fingerprint density at radius 3 is 1.80 bits per heavy atom. The smallest absolute Gasteiger partial charge is 0.135 e. The number of hydrogen-bond acceptors (Lipinski definition) is 5. The number of aromatic nitrogens is 2. The number of ether oxygens (including phenoxy) is 1. The van der Waals surface area contributed by atoms with Gasteiger partial charge in [0.05, 0.1) is 5.52 Å². The summed E-state index contributed by atoms with van der Waals surface area (Å²) >= 11 is 1.83. The van der Waals surface area contributed by atoms with Gasteiger partial charge in [0.2, 0.25) is 0 Å². The van der Waals surface area contributed by atoms with Gasteiger partial charge in [0, 0.05) is 76.0 Å². The molecule has 3 aromatic heterocycles. The molecule has 0 aliphatic carbocycles. The predicted molar refractivity (Wildman–Crippen MR) is 287 cm³/mol. The van der Waals surface area contributed by atoms with Crippen molar-refractivity contribution in [2.75, 3.05) is 9.80 Å². The van der Waals surface area contributed by atoms with Gasteiger partial charge in [-0.15, -0.1) is 59.4 Å². The van der Waals surface area contributed by atoms with E-state index in [1.807, 2.05) is 29.7 Å². The number of anilines is 2. The van der Waals surface area contributed by atoms with Crippen molar-refractivity contribution >= 4 is 76.1 Å². The first-order chi connectivity index (χ1) is 32.6. The molecular weight excluding hydrogens is 1040 g/mol. The van der Waals surface area contributed by atoms with Crippen LogP contribution in [-0.4, -0.2) is 9.55 Å². The Morgan fingerprint density at radius 1 is 0.522 bits per heavy atom. The first-order valence-corrected chi connectivity index (χ1v) is 24.3. The van der Waals surface area contributed by atoms with Gasteiger partial charge in [0.15, 0.2) is 0 Å². The van der Waals surface area contributed by atoms with E-state index in [4.69, 9.17) is 9.72 Å². The maximum atomic E-state index is 6.85. The van der Waals surface area contributed by atoms with Crippen LogP contribution in [0.5, 0.6) is 11.5 Å². The molecule has 0 radical (unpaired) electrons. The van der Waals surface area contributed by atoms with Gasteiger partial charge < -0.3 is 19.1 Å². The molecule has 4 heterocycles. The third-order valence-corrected chi connectivity index (χ3v) is 14.3. The van der Waals surface area contributed by atoms with Crippen LogP contribution in [0.1, 0.15) is 90.1 Å². The van der Waals surface area contributed by atoms with Crippen molar-refractivity contribution in [3.8, 4) is 17.3 Å². The number of nitrogens with zero attached hydrogens (tertiary/aromatic N) is 4. The molecule has 1 aliphatic heterocycles. The van der Waals surface area contributed by atoms with Crippen LogP contribution in [0.15, 0.2) is 164 Å². The van der Waals surface area contributed by atoms with E-state index in [9.17, 15) is 0 Å². The fourth-order valence-electron chi connectivity index (χ4n) is 9.47. The molecule has 10 aromatic rings. The first-order valence-electron chi connectivity index (χ1n) is 23.5. The van der Waals surface area contributed by atoms with Crippen LogP contribution in [0.4, 0.5) is 11.4 Å². The summed E-state index contributed by atoms with van der Waals surface area (Å²) in [6.07, 6.45) is 1.93. The molecular formula is C62H55N4OPtS-3. The molecule has 0 unspecified atom stereocenters. The fourth-order valence-corrected chi connectivity index (χ4v) is 10.6. The molecule has 1 aliphatic rings. The number of fused-ring (bicyclic) bond motifs is 7. The minimum Gasteiger partial charge on any atom is -0.509 e. The number of rotatable bonds is 7. The minimum absolute atomic E-state index is 0. The van der Waals surface area contributed by atoms with E-state index in [-0.39, 0.29) is 37.3 Å². The Hall–Kier alpha value is -6.46. The van der Waals surface area contributed by atoms with Crippen molar-refractivity contribution in [3.05, 3.63) is 211 Å². The Bertz CT molecular complexity index is 3550. The van der Waals surface area contributed by atoms with E-state index >= 15 is 0 Å². The maximum Gasteiger partial charge on any atom is 0.135 e. The normalized spacial score (nSPS) is 13.6.